The van der Waals surface area contributed by atoms with E-state index in [4.69, 9.17) is 22.2 Å². The molecule has 0 saturated heterocycles. The number of ether oxygens (including phenoxy) is 1. The fourth-order valence-corrected chi connectivity index (χ4v) is 2.85. The quantitative estimate of drug-likeness (QED) is 0.615. The molecule has 0 aliphatic rings. The van der Waals surface area contributed by atoms with Crippen LogP contribution in [0.3, 0.4) is 0 Å². The van der Waals surface area contributed by atoms with Crippen molar-refractivity contribution in [2.24, 2.45) is 5.84 Å². The summed E-state index contributed by atoms with van der Waals surface area (Å²) in [7, 11) is 1.60. The summed E-state index contributed by atoms with van der Waals surface area (Å²) in [5.41, 5.74) is 3.93. The molecule has 112 valence electrons. The van der Waals surface area contributed by atoms with E-state index >= 15 is 0 Å². The van der Waals surface area contributed by atoms with E-state index in [1.54, 1.807) is 19.2 Å². The molecule has 3 nitrogen and oxygen atoms in total. The Kier molecular flexibility index (Phi) is 5.58. The number of halogens is 3. The molecule has 2 aromatic carbocycles. The number of nitrogens with one attached hydrogen (secondary N) is 1. The zero-order valence-electron chi connectivity index (χ0n) is 11.4. The minimum absolute atomic E-state index is 0.344. The number of hydrogen-bond donors (Lipinski definition) is 2. The normalized spacial score (nSPS) is 12.2. The first kappa shape index (κ1) is 16.2. The van der Waals surface area contributed by atoms with Gasteiger partial charge in [-0.25, -0.2) is 4.39 Å². The van der Waals surface area contributed by atoms with Crippen LogP contribution in [-0.2, 0) is 6.42 Å². The first-order chi connectivity index (χ1) is 10.1. The second-order valence-electron chi connectivity index (χ2n) is 4.52. The van der Waals surface area contributed by atoms with Crippen LogP contribution in [0, 0.1) is 5.82 Å². The van der Waals surface area contributed by atoms with Crippen molar-refractivity contribution in [2.75, 3.05) is 7.11 Å². The van der Waals surface area contributed by atoms with Gasteiger partial charge in [0.1, 0.15) is 11.6 Å². The SMILES string of the molecule is COc1ccc(Br)c(CC(NN)c2c(F)cccc2Cl)c1. The molecule has 3 N–H and O–H groups in total. The van der Waals surface area contributed by atoms with Gasteiger partial charge < -0.3 is 4.74 Å². The summed E-state index contributed by atoms with van der Waals surface area (Å²) in [6.07, 6.45) is 0.467. The summed E-state index contributed by atoms with van der Waals surface area (Å²) in [6, 6.07) is 9.73. The smallest absolute Gasteiger partial charge is 0.129 e. The predicted octanol–water partition coefficient (Wildman–Crippen LogP) is 4.00. The first-order valence-electron chi connectivity index (χ1n) is 6.29. The van der Waals surface area contributed by atoms with Crippen LogP contribution in [0.2, 0.25) is 5.02 Å². The molecule has 0 heterocycles. The van der Waals surface area contributed by atoms with Crippen LogP contribution >= 0.6 is 27.5 Å². The Bertz CT molecular complexity index is 619. The Morgan fingerprint density at radius 1 is 1.38 bits per heavy atom. The molecule has 6 heteroatoms. The van der Waals surface area contributed by atoms with Gasteiger partial charge in [-0.3, -0.25) is 11.3 Å². The highest BCUT2D eigenvalue weighted by molar-refractivity contribution is 9.10. The molecule has 2 rings (SSSR count). The molecule has 0 amide bonds. The number of nitrogens with two attached hydrogens (primary N) is 1. The van der Waals surface area contributed by atoms with Crippen LogP contribution in [0.1, 0.15) is 17.2 Å². The topological polar surface area (TPSA) is 47.3 Å². The third-order valence-electron chi connectivity index (χ3n) is 3.23. The van der Waals surface area contributed by atoms with E-state index < -0.39 is 6.04 Å². The number of methoxy groups -OCH3 is 1. The van der Waals surface area contributed by atoms with E-state index in [9.17, 15) is 4.39 Å². The molecular formula is C15H15BrClFN2O. The van der Waals surface area contributed by atoms with Crippen molar-refractivity contribution >= 4 is 27.5 Å². The lowest BCUT2D eigenvalue weighted by Gasteiger charge is -2.19. The Labute approximate surface area is 136 Å². The molecule has 0 aliphatic carbocycles. The van der Waals surface area contributed by atoms with Crippen molar-refractivity contribution in [3.05, 3.63) is 62.8 Å². The Balaban J connectivity index is 2.36. The monoisotopic (exact) mass is 372 g/mol. The Morgan fingerprint density at radius 2 is 2.14 bits per heavy atom. The number of hydrazine groups is 1. The average Bonchev–Trinajstić information content (AvgIpc) is 2.47. The van der Waals surface area contributed by atoms with Crippen LogP contribution in [0.25, 0.3) is 0 Å². The van der Waals surface area contributed by atoms with E-state index in [0.717, 1.165) is 15.8 Å². The predicted molar refractivity (Wildman–Crippen MR) is 85.9 cm³/mol. The molecule has 0 spiro atoms. The highest BCUT2D eigenvalue weighted by atomic mass is 79.9. The molecule has 0 radical (unpaired) electrons. The molecule has 0 aliphatic heterocycles. The van der Waals surface area contributed by atoms with Crippen molar-refractivity contribution in [1.29, 1.82) is 0 Å². The van der Waals surface area contributed by atoms with Crippen LogP contribution < -0.4 is 16.0 Å². The minimum Gasteiger partial charge on any atom is -0.497 e. The van der Waals surface area contributed by atoms with Gasteiger partial charge in [-0.05, 0) is 42.3 Å². The van der Waals surface area contributed by atoms with Gasteiger partial charge in [0.25, 0.3) is 0 Å². The molecule has 1 atom stereocenters. The van der Waals surface area contributed by atoms with Gasteiger partial charge in [-0.1, -0.05) is 33.6 Å². The summed E-state index contributed by atoms with van der Waals surface area (Å²) in [5.74, 6) is 5.93. The van der Waals surface area contributed by atoms with E-state index in [-0.39, 0.29) is 5.82 Å². The zero-order chi connectivity index (χ0) is 15.4. The maximum absolute atomic E-state index is 14.0. The lowest BCUT2D eigenvalue weighted by molar-refractivity contribution is 0.413. The molecule has 0 bridgehead atoms. The summed E-state index contributed by atoms with van der Waals surface area (Å²) >= 11 is 9.57. The molecule has 0 aromatic heterocycles. The van der Waals surface area contributed by atoms with E-state index in [2.05, 4.69) is 21.4 Å². The lowest BCUT2D eigenvalue weighted by Crippen LogP contribution is -2.30. The molecule has 0 fully saturated rings. The zero-order valence-corrected chi connectivity index (χ0v) is 13.7. The first-order valence-corrected chi connectivity index (χ1v) is 7.46. The maximum atomic E-state index is 14.0. The summed E-state index contributed by atoms with van der Waals surface area (Å²) < 4.78 is 20.1. The van der Waals surface area contributed by atoms with Gasteiger partial charge in [0.15, 0.2) is 0 Å². The van der Waals surface area contributed by atoms with E-state index in [1.165, 1.54) is 6.07 Å². The molecular weight excluding hydrogens is 359 g/mol. The molecule has 21 heavy (non-hydrogen) atoms. The average molecular weight is 374 g/mol. The van der Waals surface area contributed by atoms with Gasteiger partial charge in [0.05, 0.1) is 13.2 Å². The van der Waals surface area contributed by atoms with Gasteiger partial charge in [-0.2, -0.15) is 0 Å². The lowest BCUT2D eigenvalue weighted by atomic mass is 9.98. The van der Waals surface area contributed by atoms with Crippen LogP contribution in [0.4, 0.5) is 4.39 Å². The van der Waals surface area contributed by atoms with Crippen molar-refractivity contribution in [3.63, 3.8) is 0 Å². The largest absolute Gasteiger partial charge is 0.497 e. The maximum Gasteiger partial charge on any atom is 0.129 e. The summed E-state index contributed by atoms with van der Waals surface area (Å²) in [5, 5.41) is 0.344. The highest BCUT2D eigenvalue weighted by Gasteiger charge is 2.19. The summed E-state index contributed by atoms with van der Waals surface area (Å²) in [6.45, 7) is 0. The van der Waals surface area contributed by atoms with Crippen LogP contribution in [0.5, 0.6) is 5.75 Å². The minimum atomic E-state index is -0.442. The van der Waals surface area contributed by atoms with Crippen LogP contribution in [-0.4, -0.2) is 7.11 Å². The number of benzene rings is 2. The van der Waals surface area contributed by atoms with Crippen molar-refractivity contribution in [2.45, 2.75) is 12.5 Å². The molecule has 1 unspecified atom stereocenters. The fourth-order valence-electron chi connectivity index (χ4n) is 2.14. The van der Waals surface area contributed by atoms with Gasteiger partial charge in [0.2, 0.25) is 0 Å². The molecule has 0 saturated carbocycles. The third-order valence-corrected chi connectivity index (χ3v) is 4.33. The Morgan fingerprint density at radius 3 is 2.76 bits per heavy atom. The van der Waals surface area contributed by atoms with Crippen molar-refractivity contribution in [1.82, 2.24) is 5.43 Å². The second kappa shape index (κ2) is 7.22. The van der Waals surface area contributed by atoms with E-state index in [1.807, 2.05) is 18.2 Å². The second-order valence-corrected chi connectivity index (χ2v) is 5.78. The third kappa shape index (κ3) is 3.74. The highest BCUT2D eigenvalue weighted by Crippen LogP contribution is 2.31. The van der Waals surface area contributed by atoms with Crippen molar-refractivity contribution < 1.29 is 9.13 Å². The van der Waals surface area contributed by atoms with E-state index in [0.29, 0.717) is 17.0 Å². The molecule has 2 aromatic rings. The summed E-state index contributed by atoms with van der Waals surface area (Å²) in [4.78, 5) is 0. The fraction of sp³-hybridized carbons (Fsp3) is 0.200. The Hall–Kier alpha value is -1.14. The van der Waals surface area contributed by atoms with Gasteiger partial charge in [-0.15, -0.1) is 0 Å². The number of hydrogen-bond acceptors (Lipinski definition) is 3. The standard InChI is InChI=1S/C15H15BrClFN2O/c1-21-10-5-6-11(16)9(7-10)8-14(20-19)15-12(17)3-2-4-13(15)18/h2-7,14,20H,8,19H2,1H3. The van der Waals surface area contributed by atoms with Gasteiger partial charge >= 0.3 is 0 Å². The number of rotatable bonds is 5. The van der Waals surface area contributed by atoms with Gasteiger partial charge in [0, 0.05) is 15.1 Å². The van der Waals surface area contributed by atoms with Crippen molar-refractivity contribution in [3.8, 4) is 5.75 Å². The van der Waals surface area contributed by atoms with Crippen LogP contribution in [0.15, 0.2) is 40.9 Å².